The molecule has 0 saturated carbocycles. The molecule has 0 spiro atoms. The zero-order valence-electron chi connectivity index (χ0n) is 12.2. The molecule has 2 fully saturated rings. The van der Waals surface area contributed by atoms with Crippen molar-refractivity contribution in [3.05, 3.63) is 10.1 Å². The van der Waals surface area contributed by atoms with Gasteiger partial charge in [0.2, 0.25) is 0 Å². The fraction of sp³-hybridized carbons (Fsp3) is 0.833. The lowest BCUT2D eigenvalue weighted by Crippen LogP contribution is -2.41. The molecule has 2 heterocycles. The van der Waals surface area contributed by atoms with Gasteiger partial charge in [0.25, 0.3) is 5.96 Å². The Hall–Kier alpha value is -1.90. The molecule has 0 aliphatic carbocycles. The van der Waals surface area contributed by atoms with E-state index in [1.807, 2.05) is 0 Å². The van der Waals surface area contributed by atoms with Crippen molar-refractivity contribution in [2.24, 2.45) is 16.9 Å². The van der Waals surface area contributed by atoms with Crippen molar-refractivity contribution in [3.8, 4) is 0 Å². The Bertz CT molecular complexity index is 441. The number of ether oxygens (including phenoxy) is 2. The first-order valence-corrected chi connectivity index (χ1v) is 7.03. The van der Waals surface area contributed by atoms with Crippen LogP contribution in [0.2, 0.25) is 0 Å². The molecule has 0 N–H and O–H groups in total. The van der Waals surface area contributed by atoms with Gasteiger partial charge < -0.3 is 14.4 Å². The van der Waals surface area contributed by atoms with Crippen molar-refractivity contribution in [3.63, 3.8) is 0 Å². The summed E-state index contributed by atoms with van der Waals surface area (Å²) in [6, 6.07) is 0. The second-order valence-corrected chi connectivity index (χ2v) is 5.21. The van der Waals surface area contributed by atoms with Crippen LogP contribution < -0.4 is 0 Å². The van der Waals surface area contributed by atoms with Gasteiger partial charge in [0.05, 0.1) is 19.8 Å². The van der Waals surface area contributed by atoms with Gasteiger partial charge in [-0.15, -0.1) is 0 Å². The highest BCUT2D eigenvalue weighted by Crippen LogP contribution is 2.23. The molecule has 9 nitrogen and oxygen atoms in total. The van der Waals surface area contributed by atoms with Gasteiger partial charge in [-0.25, -0.2) is 19.8 Å². The van der Waals surface area contributed by atoms with Crippen LogP contribution in [0.1, 0.15) is 13.8 Å². The van der Waals surface area contributed by atoms with Crippen LogP contribution in [0.15, 0.2) is 5.10 Å². The zero-order valence-corrected chi connectivity index (χ0v) is 12.2. The second-order valence-electron chi connectivity index (χ2n) is 5.21. The predicted octanol–water partition coefficient (Wildman–Crippen LogP) is 0.591. The van der Waals surface area contributed by atoms with E-state index in [4.69, 9.17) is 9.47 Å². The minimum absolute atomic E-state index is 0.0533. The molecule has 1 amide bonds. The molecule has 2 saturated heterocycles. The van der Waals surface area contributed by atoms with Gasteiger partial charge in [0.1, 0.15) is 5.10 Å². The van der Waals surface area contributed by atoms with Crippen LogP contribution in [0.3, 0.4) is 0 Å². The molecule has 2 aliphatic rings. The summed E-state index contributed by atoms with van der Waals surface area (Å²) in [6.07, 6.45) is -0.601. The van der Waals surface area contributed by atoms with Crippen LogP contribution in [0, 0.1) is 22.0 Å². The van der Waals surface area contributed by atoms with Gasteiger partial charge in [-0.1, -0.05) is 6.92 Å². The number of rotatable bonds is 4. The molecule has 2 aliphatic heterocycles. The van der Waals surface area contributed by atoms with Gasteiger partial charge in [-0.05, 0) is 12.8 Å². The lowest BCUT2D eigenvalue weighted by Gasteiger charge is -2.23. The smallest absolute Gasteiger partial charge is 0.416 e. The van der Waals surface area contributed by atoms with Crippen molar-refractivity contribution in [1.82, 2.24) is 9.80 Å². The van der Waals surface area contributed by atoms with E-state index in [-0.39, 0.29) is 18.5 Å². The van der Waals surface area contributed by atoms with Crippen molar-refractivity contribution < 1.29 is 19.3 Å². The number of hydrazone groups is 1. The molecule has 2 rings (SSSR count). The topological polar surface area (TPSA) is 97.5 Å². The molecule has 2 unspecified atom stereocenters. The van der Waals surface area contributed by atoms with E-state index >= 15 is 0 Å². The Balaban J connectivity index is 2.10. The number of carbonyl (C=O) groups excluding carboxylic acids is 1. The Morgan fingerprint density at radius 2 is 2.29 bits per heavy atom. The first kappa shape index (κ1) is 15.5. The number of nitro groups is 1. The molecule has 21 heavy (non-hydrogen) atoms. The van der Waals surface area contributed by atoms with Gasteiger partial charge in [-0.2, -0.15) is 0 Å². The fourth-order valence-corrected chi connectivity index (χ4v) is 2.55. The minimum Gasteiger partial charge on any atom is -0.449 e. The van der Waals surface area contributed by atoms with Crippen LogP contribution in [0.25, 0.3) is 0 Å². The number of carbonyl (C=O) groups is 1. The summed E-state index contributed by atoms with van der Waals surface area (Å²) in [6.45, 7) is 6.75. The van der Waals surface area contributed by atoms with Gasteiger partial charge in [-0.3, -0.25) is 0 Å². The molecule has 9 heteroatoms. The van der Waals surface area contributed by atoms with Gasteiger partial charge >= 0.3 is 6.09 Å². The van der Waals surface area contributed by atoms with Crippen LogP contribution in [-0.4, -0.2) is 66.3 Å². The highest BCUT2D eigenvalue weighted by Gasteiger charge is 2.37. The van der Waals surface area contributed by atoms with Gasteiger partial charge in [0.15, 0.2) is 5.03 Å². The normalized spacial score (nSPS) is 27.4. The maximum atomic E-state index is 11.8. The Kier molecular flexibility index (Phi) is 4.94. The van der Waals surface area contributed by atoms with Crippen LogP contribution in [0.4, 0.5) is 4.79 Å². The highest BCUT2D eigenvalue weighted by atomic mass is 16.7. The van der Waals surface area contributed by atoms with E-state index in [0.717, 1.165) is 0 Å². The summed E-state index contributed by atoms with van der Waals surface area (Å²) in [5.41, 5.74) is 0. The quantitative estimate of drug-likeness (QED) is 0.557. The van der Waals surface area contributed by atoms with E-state index in [2.05, 4.69) is 12.0 Å². The maximum Gasteiger partial charge on any atom is 0.416 e. The number of hydrogen-bond donors (Lipinski definition) is 0. The van der Waals surface area contributed by atoms with Crippen molar-refractivity contribution >= 4 is 12.1 Å². The van der Waals surface area contributed by atoms with E-state index in [1.54, 1.807) is 11.8 Å². The number of hydrogen-bond acceptors (Lipinski definition) is 5. The third-order valence-corrected chi connectivity index (χ3v) is 3.75. The highest BCUT2D eigenvalue weighted by molar-refractivity contribution is 5.95. The molecule has 0 radical (unpaired) electrons. The molecular weight excluding hydrogens is 280 g/mol. The minimum atomic E-state index is -0.783. The van der Waals surface area contributed by atoms with Crippen LogP contribution in [0.5, 0.6) is 0 Å². The summed E-state index contributed by atoms with van der Waals surface area (Å²) in [5, 5.41) is 13.3. The molecule has 0 aromatic carbocycles. The number of amides is 1. The van der Waals surface area contributed by atoms with Gasteiger partial charge in [0, 0.05) is 25.6 Å². The third-order valence-electron chi connectivity index (χ3n) is 3.75. The predicted molar refractivity (Wildman–Crippen MR) is 73.2 cm³/mol. The number of nitrogens with zero attached hydrogens (tertiary/aromatic N) is 4. The molecule has 2 atom stereocenters. The molecule has 118 valence electrons. The second kappa shape index (κ2) is 6.70. The standard InChI is InChI=1S/C12H20N4O5/c1-3-21-12(17)15-5-4-14(11(15)13-16(18)19)6-10-8-20-7-9(10)2/h9-10H,3-8H2,1-2H3. The van der Waals surface area contributed by atoms with E-state index in [9.17, 15) is 14.9 Å². The summed E-state index contributed by atoms with van der Waals surface area (Å²) in [7, 11) is 0. The Labute approximate surface area is 122 Å². The van der Waals surface area contributed by atoms with Crippen molar-refractivity contribution in [2.45, 2.75) is 13.8 Å². The maximum absolute atomic E-state index is 11.8. The zero-order chi connectivity index (χ0) is 15.4. The lowest BCUT2D eigenvalue weighted by atomic mass is 9.98. The lowest BCUT2D eigenvalue weighted by molar-refractivity contribution is -0.486. The molecular formula is C12H20N4O5. The van der Waals surface area contributed by atoms with E-state index < -0.39 is 11.1 Å². The average molecular weight is 300 g/mol. The summed E-state index contributed by atoms with van der Waals surface area (Å²) < 4.78 is 10.3. The van der Waals surface area contributed by atoms with Crippen molar-refractivity contribution in [1.29, 1.82) is 0 Å². The van der Waals surface area contributed by atoms with Crippen molar-refractivity contribution in [2.75, 3.05) is 39.5 Å². The monoisotopic (exact) mass is 300 g/mol. The number of guanidine groups is 1. The summed E-state index contributed by atoms with van der Waals surface area (Å²) >= 11 is 0. The summed E-state index contributed by atoms with van der Waals surface area (Å²) in [4.78, 5) is 25.5. The molecule has 0 bridgehead atoms. The first-order chi connectivity index (χ1) is 10.0. The average Bonchev–Trinajstić information content (AvgIpc) is 2.98. The molecule has 0 aromatic heterocycles. The third kappa shape index (κ3) is 3.60. The van der Waals surface area contributed by atoms with Crippen LogP contribution in [-0.2, 0) is 9.47 Å². The van der Waals surface area contributed by atoms with E-state index in [0.29, 0.717) is 38.8 Å². The largest absolute Gasteiger partial charge is 0.449 e. The summed E-state index contributed by atoms with van der Waals surface area (Å²) in [5.74, 6) is 0.722. The Morgan fingerprint density at radius 3 is 2.86 bits per heavy atom. The first-order valence-electron chi connectivity index (χ1n) is 7.03. The Morgan fingerprint density at radius 1 is 1.52 bits per heavy atom. The van der Waals surface area contributed by atoms with E-state index in [1.165, 1.54) is 4.90 Å². The van der Waals surface area contributed by atoms with Crippen LogP contribution >= 0.6 is 0 Å². The molecule has 0 aromatic rings. The SMILES string of the molecule is CCOC(=O)N1CCN(CC2COCC2C)C1=N[N+](=O)[O-]. The fourth-order valence-electron chi connectivity index (χ4n) is 2.55.